The highest BCUT2D eigenvalue weighted by molar-refractivity contribution is 5.92. The summed E-state index contributed by atoms with van der Waals surface area (Å²) in [7, 11) is 0. The number of ketones is 2. The third-order valence-corrected chi connectivity index (χ3v) is 9.19. The molecule has 0 aromatic heterocycles. The number of halogens is 1. The first-order valence-electron chi connectivity index (χ1n) is 10.4. The van der Waals surface area contributed by atoms with E-state index < -0.39 is 52.4 Å². The Hall–Kier alpha value is -1.11. The van der Waals surface area contributed by atoms with Crippen molar-refractivity contribution >= 4 is 11.6 Å². The fraction of sp³-hybridized carbons (Fsp3) is 0.818. The van der Waals surface area contributed by atoms with E-state index in [9.17, 15) is 24.9 Å². The molecule has 0 bridgehead atoms. The van der Waals surface area contributed by atoms with Crippen LogP contribution in [0.25, 0.3) is 0 Å². The van der Waals surface area contributed by atoms with Crippen molar-refractivity contribution in [2.75, 3.05) is 6.61 Å². The van der Waals surface area contributed by atoms with Crippen LogP contribution < -0.4 is 0 Å². The van der Waals surface area contributed by atoms with E-state index in [-0.39, 0.29) is 24.5 Å². The standard InChI is InChI=1S/C22H31FO5/c1-12-8-16-15-5-4-13-9-14(25)6-7-19(13,2)21(15,23)17(26)10-20(16,3)22(12,28)18(27)11-24/h9,12,15-17,24,26,28H,4-8,10-11H2,1-3H3/t12-,15-,16+,17+,19-,20-,21-,22-/m0/s1. The molecule has 3 fully saturated rings. The number of carbonyl (C=O) groups is 2. The second-order valence-electron chi connectivity index (χ2n) is 10.1. The van der Waals surface area contributed by atoms with Gasteiger partial charge in [0.2, 0.25) is 0 Å². The van der Waals surface area contributed by atoms with Gasteiger partial charge in [0.15, 0.2) is 11.6 Å². The first kappa shape index (κ1) is 20.2. The first-order valence-corrected chi connectivity index (χ1v) is 10.4. The molecule has 5 nitrogen and oxygen atoms in total. The van der Waals surface area contributed by atoms with Crippen molar-refractivity contribution < 1.29 is 29.3 Å². The van der Waals surface area contributed by atoms with Gasteiger partial charge in [-0.05, 0) is 50.0 Å². The smallest absolute Gasteiger partial charge is 0.190 e. The summed E-state index contributed by atoms with van der Waals surface area (Å²) in [5.74, 6) is -1.82. The van der Waals surface area contributed by atoms with E-state index >= 15 is 4.39 Å². The van der Waals surface area contributed by atoms with Gasteiger partial charge in [0, 0.05) is 23.2 Å². The zero-order valence-electron chi connectivity index (χ0n) is 16.9. The lowest BCUT2D eigenvalue weighted by Crippen LogP contribution is -2.69. The zero-order chi connectivity index (χ0) is 20.7. The molecule has 4 rings (SSSR count). The van der Waals surface area contributed by atoms with Crippen LogP contribution >= 0.6 is 0 Å². The van der Waals surface area contributed by atoms with Gasteiger partial charge >= 0.3 is 0 Å². The molecule has 8 atom stereocenters. The zero-order valence-corrected chi connectivity index (χ0v) is 16.9. The molecular formula is C22H31FO5. The summed E-state index contributed by atoms with van der Waals surface area (Å²) >= 11 is 0. The van der Waals surface area contributed by atoms with E-state index in [1.54, 1.807) is 19.9 Å². The summed E-state index contributed by atoms with van der Waals surface area (Å²) in [5, 5.41) is 32.0. The van der Waals surface area contributed by atoms with E-state index in [0.717, 1.165) is 5.57 Å². The van der Waals surface area contributed by atoms with Crippen LogP contribution in [0.1, 0.15) is 59.3 Å². The third-order valence-electron chi connectivity index (χ3n) is 9.19. The molecule has 0 aromatic rings. The van der Waals surface area contributed by atoms with Gasteiger partial charge < -0.3 is 15.3 Å². The lowest BCUT2D eigenvalue weighted by molar-refractivity contribution is -0.228. The number of allylic oxidation sites excluding steroid dienone is 1. The predicted octanol–water partition coefficient (Wildman–Crippen LogP) is 2.12. The second-order valence-corrected chi connectivity index (χ2v) is 10.1. The molecule has 4 aliphatic carbocycles. The maximum atomic E-state index is 16.9. The number of Topliss-reactive ketones (excluding diaryl/α,β-unsaturated/α-hetero) is 1. The molecule has 4 aliphatic rings. The van der Waals surface area contributed by atoms with E-state index in [4.69, 9.17) is 0 Å². The van der Waals surface area contributed by atoms with E-state index in [2.05, 4.69) is 0 Å². The van der Waals surface area contributed by atoms with E-state index in [0.29, 0.717) is 25.7 Å². The Morgan fingerprint density at radius 2 is 1.96 bits per heavy atom. The monoisotopic (exact) mass is 394 g/mol. The highest BCUT2D eigenvalue weighted by Gasteiger charge is 2.75. The summed E-state index contributed by atoms with van der Waals surface area (Å²) in [6.07, 6.45) is 2.41. The summed E-state index contributed by atoms with van der Waals surface area (Å²) in [5.41, 5.74) is -4.77. The average Bonchev–Trinajstić information content (AvgIpc) is 2.84. The minimum atomic E-state index is -1.89. The third kappa shape index (κ3) is 2.07. The van der Waals surface area contributed by atoms with Crippen molar-refractivity contribution in [3.8, 4) is 0 Å². The molecule has 3 N–H and O–H groups in total. The predicted molar refractivity (Wildman–Crippen MR) is 100 cm³/mol. The van der Waals surface area contributed by atoms with Crippen LogP contribution in [-0.4, -0.2) is 50.9 Å². The molecule has 0 heterocycles. The van der Waals surface area contributed by atoms with Crippen molar-refractivity contribution in [3.63, 3.8) is 0 Å². The van der Waals surface area contributed by atoms with Gasteiger partial charge in [-0.15, -0.1) is 0 Å². The molecule has 0 saturated heterocycles. The maximum absolute atomic E-state index is 16.9. The lowest BCUT2D eigenvalue weighted by Gasteiger charge is -2.63. The molecule has 0 aliphatic heterocycles. The van der Waals surface area contributed by atoms with Crippen LogP contribution in [-0.2, 0) is 9.59 Å². The Labute approximate surface area is 165 Å². The van der Waals surface area contributed by atoms with Crippen LogP contribution in [0.15, 0.2) is 11.6 Å². The summed E-state index contributed by atoms with van der Waals surface area (Å²) in [6, 6.07) is 0. The number of aliphatic hydroxyl groups excluding tert-OH is 2. The molecule has 28 heavy (non-hydrogen) atoms. The highest BCUT2D eigenvalue weighted by atomic mass is 19.1. The van der Waals surface area contributed by atoms with Crippen LogP contribution in [0.4, 0.5) is 4.39 Å². The first-order chi connectivity index (χ1) is 13.0. The molecule has 0 spiro atoms. The van der Waals surface area contributed by atoms with Crippen molar-refractivity contribution in [1.82, 2.24) is 0 Å². The molecule has 3 saturated carbocycles. The fourth-order valence-electron chi connectivity index (χ4n) is 7.62. The fourth-order valence-corrected chi connectivity index (χ4v) is 7.62. The van der Waals surface area contributed by atoms with Crippen molar-refractivity contribution in [2.24, 2.45) is 28.6 Å². The average molecular weight is 394 g/mol. The Kier molecular flexibility index (Phi) is 4.29. The quantitative estimate of drug-likeness (QED) is 0.667. The highest BCUT2D eigenvalue weighted by Crippen LogP contribution is 2.71. The van der Waals surface area contributed by atoms with Gasteiger partial charge in [0.05, 0.1) is 6.10 Å². The number of carbonyl (C=O) groups excluding carboxylic acids is 2. The number of aliphatic hydroxyl groups is 3. The lowest BCUT2D eigenvalue weighted by atomic mass is 9.44. The van der Waals surface area contributed by atoms with Crippen LogP contribution in [0, 0.1) is 28.6 Å². The minimum absolute atomic E-state index is 0.0158. The molecule has 0 radical (unpaired) electrons. The largest absolute Gasteiger partial charge is 0.390 e. The van der Waals surface area contributed by atoms with Crippen LogP contribution in [0.5, 0.6) is 0 Å². The number of alkyl halides is 1. The number of hydrogen-bond donors (Lipinski definition) is 3. The number of fused-ring (bicyclic) bond motifs is 5. The second kappa shape index (κ2) is 5.96. The summed E-state index contributed by atoms with van der Waals surface area (Å²) in [6.45, 7) is 4.61. The molecule has 156 valence electrons. The Balaban J connectivity index is 1.83. The maximum Gasteiger partial charge on any atom is 0.190 e. The van der Waals surface area contributed by atoms with Crippen molar-refractivity contribution in [2.45, 2.75) is 76.7 Å². The Morgan fingerprint density at radius 1 is 1.29 bits per heavy atom. The van der Waals surface area contributed by atoms with Gasteiger partial charge in [0.1, 0.15) is 17.9 Å². The molecule has 0 amide bonds. The molecule has 6 heteroatoms. The van der Waals surface area contributed by atoms with Crippen LogP contribution in [0.3, 0.4) is 0 Å². The Bertz CT molecular complexity index is 764. The van der Waals surface area contributed by atoms with Crippen molar-refractivity contribution in [1.29, 1.82) is 0 Å². The van der Waals surface area contributed by atoms with E-state index in [1.807, 2.05) is 6.92 Å². The van der Waals surface area contributed by atoms with Gasteiger partial charge in [-0.1, -0.05) is 26.3 Å². The van der Waals surface area contributed by atoms with Gasteiger partial charge in [-0.25, -0.2) is 4.39 Å². The van der Waals surface area contributed by atoms with Crippen molar-refractivity contribution in [3.05, 3.63) is 11.6 Å². The normalized spacial score (nSPS) is 53.1. The SMILES string of the molecule is C[C@H]1C[C@@H]2[C@@H]3CCC4=CC(=O)CC[C@]4(C)[C@@]3(F)[C@H](O)C[C@]2(C)[C@@]1(O)C(=O)CO. The Morgan fingerprint density at radius 3 is 2.61 bits per heavy atom. The summed E-state index contributed by atoms with van der Waals surface area (Å²) < 4.78 is 16.9. The molecule has 0 aromatic carbocycles. The molecule has 0 unspecified atom stereocenters. The molecular weight excluding hydrogens is 363 g/mol. The van der Waals surface area contributed by atoms with Gasteiger partial charge in [-0.2, -0.15) is 0 Å². The topological polar surface area (TPSA) is 94.8 Å². The minimum Gasteiger partial charge on any atom is -0.390 e. The number of rotatable bonds is 2. The van der Waals surface area contributed by atoms with E-state index in [1.165, 1.54) is 0 Å². The van der Waals surface area contributed by atoms with Gasteiger partial charge in [0.25, 0.3) is 0 Å². The van der Waals surface area contributed by atoms with Gasteiger partial charge in [-0.3, -0.25) is 9.59 Å². The van der Waals surface area contributed by atoms with Crippen LogP contribution in [0.2, 0.25) is 0 Å². The number of hydrogen-bond acceptors (Lipinski definition) is 5. The summed E-state index contributed by atoms with van der Waals surface area (Å²) in [4.78, 5) is 24.5.